The topological polar surface area (TPSA) is 86.1 Å². The van der Waals surface area contributed by atoms with Crippen LogP contribution in [-0.4, -0.2) is 39.0 Å². The average molecular weight is 396 g/mol. The van der Waals surface area contributed by atoms with E-state index in [0.717, 1.165) is 11.4 Å². The lowest BCUT2D eigenvalue weighted by molar-refractivity contribution is -0.113. The van der Waals surface area contributed by atoms with Gasteiger partial charge in [0, 0.05) is 18.3 Å². The molecular formula is C20H20N4O3S. The summed E-state index contributed by atoms with van der Waals surface area (Å²) in [6, 6.07) is 16.3. The lowest BCUT2D eigenvalue weighted by atomic mass is 10.2. The Labute approximate surface area is 167 Å². The highest BCUT2D eigenvalue weighted by molar-refractivity contribution is 7.99. The highest BCUT2D eigenvalue weighted by Gasteiger charge is 2.13. The van der Waals surface area contributed by atoms with Crippen LogP contribution in [0.4, 0.5) is 5.69 Å². The summed E-state index contributed by atoms with van der Waals surface area (Å²) >= 11 is 1.31. The van der Waals surface area contributed by atoms with E-state index in [0.29, 0.717) is 23.0 Å². The van der Waals surface area contributed by atoms with Crippen molar-refractivity contribution in [1.29, 1.82) is 0 Å². The van der Waals surface area contributed by atoms with E-state index in [1.54, 1.807) is 31.2 Å². The van der Waals surface area contributed by atoms with Gasteiger partial charge in [-0.15, -0.1) is 10.2 Å². The molecule has 0 saturated carbocycles. The summed E-state index contributed by atoms with van der Waals surface area (Å²) in [5.74, 6) is 0.393. The fraction of sp³-hybridized carbons (Fsp3) is 0.200. The van der Waals surface area contributed by atoms with E-state index in [1.807, 2.05) is 41.9 Å². The van der Waals surface area contributed by atoms with Crippen molar-refractivity contribution in [1.82, 2.24) is 14.8 Å². The first-order valence-corrected chi connectivity index (χ1v) is 9.71. The number of esters is 1. The third-order valence-electron chi connectivity index (χ3n) is 3.88. The molecule has 0 aliphatic heterocycles. The number of amides is 1. The van der Waals surface area contributed by atoms with E-state index < -0.39 is 0 Å². The zero-order valence-corrected chi connectivity index (χ0v) is 16.4. The zero-order valence-electron chi connectivity index (χ0n) is 15.6. The fourth-order valence-corrected chi connectivity index (χ4v) is 3.22. The molecule has 0 saturated heterocycles. The molecule has 0 aliphatic carbocycles. The van der Waals surface area contributed by atoms with Crippen molar-refractivity contribution >= 4 is 29.3 Å². The number of thioether (sulfide) groups is 1. The molecule has 1 N–H and O–H groups in total. The van der Waals surface area contributed by atoms with Crippen LogP contribution >= 0.6 is 11.8 Å². The first kappa shape index (κ1) is 19.6. The van der Waals surface area contributed by atoms with Crippen LogP contribution in [0.1, 0.15) is 17.3 Å². The largest absolute Gasteiger partial charge is 0.462 e. The lowest BCUT2D eigenvalue weighted by Crippen LogP contribution is -2.14. The minimum atomic E-state index is -0.382. The van der Waals surface area contributed by atoms with Gasteiger partial charge in [-0.3, -0.25) is 4.79 Å². The maximum Gasteiger partial charge on any atom is 0.338 e. The molecule has 3 rings (SSSR count). The predicted octanol–water partition coefficient (Wildman–Crippen LogP) is 3.39. The number of benzene rings is 2. The summed E-state index contributed by atoms with van der Waals surface area (Å²) < 4.78 is 6.80. The van der Waals surface area contributed by atoms with Crippen LogP contribution in [0.3, 0.4) is 0 Å². The number of anilines is 1. The number of carbonyl (C=O) groups is 2. The molecule has 0 fully saturated rings. The van der Waals surface area contributed by atoms with Gasteiger partial charge in [-0.2, -0.15) is 0 Å². The minimum Gasteiger partial charge on any atom is -0.462 e. The van der Waals surface area contributed by atoms with Gasteiger partial charge in [0.2, 0.25) is 5.91 Å². The summed E-state index contributed by atoms with van der Waals surface area (Å²) in [4.78, 5) is 23.9. The molecule has 8 heteroatoms. The molecule has 1 heterocycles. The third kappa shape index (κ3) is 4.77. The molecule has 144 valence electrons. The molecule has 0 radical (unpaired) electrons. The van der Waals surface area contributed by atoms with Crippen molar-refractivity contribution in [2.75, 3.05) is 17.7 Å². The Balaban J connectivity index is 1.56. The van der Waals surface area contributed by atoms with Crippen LogP contribution in [0, 0.1) is 0 Å². The van der Waals surface area contributed by atoms with Gasteiger partial charge in [0.1, 0.15) is 0 Å². The summed E-state index contributed by atoms with van der Waals surface area (Å²) in [5.41, 5.74) is 2.03. The number of hydrogen-bond donors (Lipinski definition) is 1. The average Bonchev–Trinajstić information content (AvgIpc) is 3.08. The maximum absolute atomic E-state index is 12.2. The van der Waals surface area contributed by atoms with E-state index in [9.17, 15) is 9.59 Å². The second-order valence-electron chi connectivity index (χ2n) is 5.87. The summed E-state index contributed by atoms with van der Waals surface area (Å²) in [6.07, 6.45) is 0. The highest BCUT2D eigenvalue weighted by atomic mass is 32.2. The summed E-state index contributed by atoms with van der Waals surface area (Å²) in [7, 11) is 1.87. The normalized spacial score (nSPS) is 10.5. The van der Waals surface area contributed by atoms with Crippen molar-refractivity contribution < 1.29 is 14.3 Å². The molecule has 0 bridgehead atoms. The molecule has 0 spiro atoms. The Morgan fingerprint density at radius 1 is 1.07 bits per heavy atom. The Morgan fingerprint density at radius 2 is 1.79 bits per heavy atom. The number of hydrogen-bond acceptors (Lipinski definition) is 6. The molecule has 1 aromatic heterocycles. The van der Waals surface area contributed by atoms with Crippen LogP contribution in [-0.2, 0) is 16.6 Å². The van der Waals surface area contributed by atoms with Crippen LogP contribution in [0.15, 0.2) is 59.8 Å². The highest BCUT2D eigenvalue weighted by Crippen LogP contribution is 2.22. The number of aromatic nitrogens is 3. The molecule has 3 aromatic rings. The number of carbonyl (C=O) groups excluding carboxylic acids is 2. The molecular weight excluding hydrogens is 376 g/mol. The predicted molar refractivity (Wildman–Crippen MR) is 108 cm³/mol. The Kier molecular flexibility index (Phi) is 6.44. The van der Waals surface area contributed by atoms with Crippen molar-refractivity contribution in [3.8, 4) is 11.4 Å². The molecule has 28 heavy (non-hydrogen) atoms. The monoisotopic (exact) mass is 396 g/mol. The van der Waals surface area contributed by atoms with Gasteiger partial charge in [-0.25, -0.2) is 4.79 Å². The second-order valence-corrected chi connectivity index (χ2v) is 6.81. The van der Waals surface area contributed by atoms with Crippen LogP contribution < -0.4 is 5.32 Å². The van der Waals surface area contributed by atoms with Gasteiger partial charge in [-0.05, 0) is 31.2 Å². The minimum absolute atomic E-state index is 0.168. The Morgan fingerprint density at radius 3 is 2.46 bits per heavy atom. The van der Waals surface area contributed by atoms with Crippen LogP contribution in [0.2, 0.25) is 0 Å². The molecule has 0 unspecified atom stereocenters. The van der Waals surface area contributed by atoms with Crippen molar-refractivity contribution in [2.45, 2.75) is 12.1 Å². The molecule has 7 nitrogen and oxygen atoms in total. The molecule has 0 aliphatic rings. The van der Waals surface area contributed by atoms with E-state index in [1.165, 1.54) is 11.8 Å². The number of rotatable bonds is 7. The van der Waals surface area contributed by atoms with Gasteiger partial charge in [0.25, 0.3) is 0 Å². The Hall–Kier alpha value is -3.13. The molecule has 1 amide bonds. The quantitative estimate of drug-likeness (QED) is 0.487. The fourth-order valence-electron chi connectivity index (χ4n) is 2.51. The number of ether oxygens (including phenoxy) is 1. The maximum atomic E-state index is 12.2. The molecule has 2 aromatic carbocycles. The van der Waals surface area contributed by atoms with E-state index in [4.69, 9.17) is 4.74 Å². The smallest absolute Gasteiger partial charge is 0.338 e. The van der Waals surface area contributed by atoms with Crippen LogP contribution in [0.25, 0.3) is 11.4 Å². The van der Waals surface area contributed by atoms with Gasteiger partial charge in [0.05, 0.1) is 17.9 Å². The molecule has 0 atom stereocenters. The second kappa shape index (κ2) is 9.18. The first-order valence-electron chi connectivity index (χ1n) is 8.73. The van der Waals surface area contributed by atoms with Crippen LogP contribution in [0.5, 0.6) is 0 Å². The summed E-state index contributed by atoms with van der Waals surface area (Å²) in [6.45, 7) is 2.08. The lowest BCUT2D eigenvalue weighted by Gasteiger charge is -2.07. The van der Waals surface area contributed by atoms with E-state index >= 15 is 0 Å². The van der Waals surface area contributed by atoms with Crippen molar-refractivity contribution in [2.24, 2.45) is 7.05 Å². The number of nitrogens with one attached hydrogen (secondary N) is 1. The summed E-state index contributed by atoms with van der Waals surface area (Å²) in [5, 5.41) is 11.8. The van der Waals surface area contributed by atoms with Gasteiger partial charge < -0.3 is 14.6 Å². The zero-order chi connectivity index (χ0) is 19.9. The number of nitrogens with zero attached hydrogens (tertiary/aromatic N) is 3. The van der Waals surface area contributed by atoms with E-state index in [-0.39, 0.29) is 17.6 Å². The van der Waals surface area contributed by atoms with Crippen molar-refractivity contribution in [3.63, 3.8) is 0 Å². The SMILES string of the molecule is CCOC(=O)c1ccc(NC(=O)CSc2nnc(-c3ccccc3)n2C)cc1. The third-order valence-corrected chi connectivity index (χ3v) is 4.90. The van der Waals surface area contributed by atoms with Crippen molar-refractivity contribution in [3.05, 3.63) is 60.2 Å². The van der Waals surface area contributed by atoms with E-state index in [2.05, 4.69) is 15.5 Å². The standard InChI is InChI=1S/C20H20N4O3S/c1-3-27-19(26)15-9-11-16(12-10-15)21-17(25)13-28-20-23-22-18(24(20)2)14-7-5-4-6-8-14/h4-12H,3,13H2,1-2H3,(H,21,25). The first-order chi connectivity index (χ1) is 13.6. The Bertz CT molecular complexity index is 955. The van der Waals surface area contributed by atoms with Gasteiger partial charge in [0.15, 0.2) is 11.0 Å². The van der Waals surface area contributed by atoms with Gasteiger partial charge in [-0.1, -0.05) is 42.1 Å². The van der Waals surface area contributed by atoms with Gasteiger partial charge >= 0.3 is 5.97 Å².